The molecule has 9 nitrogen and oxygen atoms in total. The highest BCUT2D eigenvalue weighted by Crippen LogP contribution is 2.29. The predicted molar refractivity (Wildman–Crippen MR) is 104 cm³/mol. The van der Waals surface area contributed by atoms with E-state index in [-0.39, 0.29) is 34.4 Å². The minimum atomic E-state index is -0.607. The van der Waals surface area contributed by atoms with E-state index in [9.17, 15) is 19.7 Å². The maximum absolute atomic E-state index is 12.9. The molecule has 28 heavy (non-hydrogen) atoms. The van der Waals surface area contributed by atoms with Crippen LogP contribution in [0.3, 0.4) is 0 Å². The number of nitro groups is 1. The number of amides is 1. The van der Waals surface area contributed by atoms with E-state index in [4.69, 9.17) is 4.74 Å². The van der Waals surface area contributed by atoms with Crippen molar-refractivity contribution in [2.75, 3.05) is 12.4 Å². The van der Waals surface area contributed by atoms with Crippen molar-refractivity contribution in [3.05, 3.63) is 68.6 Å². The smallest absolute Gasteiger partial charge is 0.276 e. The van der Waals surface area contributed by atoms with Crippen molar-refractivity contribution >= 4 is 28.1 Å². The molecule has 0 spiro atoms. The molecule has 0 radical (unpaired) electrons. The molecule has 0 bridgehead atoms. The van der Waals surface area contributed by atoms with Crippen LogP contribution < -0.4 is 15.6 Å². The zero-order chi connectivity index (χ0) is 20.4. The van der Waals surface area contributed by atoms with Gasteiger partial charge >= 0.3 is 0 Å². The molecule has 3 aromatic rings. The Morgan fingerprint density at radius 2 is 1.89 bits per heavy atom. The first kappa shape index (κ1) is 19.0. The Hall–Kier alpha value is -3.75. The number of nitrogens with zero attached hydrogens (tertiary/aromatic N) is 3. The molecular weight excluding hydrogens is 364 g/mol. The maximum atomic E-state index is 12.9. The number of hydrogen-bond donors (Lipinski definition) is 1. The van der Waals surface area contributed by atoms with Crippen LogP contribution in [0.5, 0.6) is 5.75 Å². The van der Waals surface area contributed by atoms with E-state index in [0.29, 0.717) is 10.8 Å². The van der Waals surface area contributed by atoms with Crippen LogP contribution >= 0.6 is 0 Å². The average Bonchev–Trinajstić information content (AvgIpc) is 2.68. The summed E-state index contributed by atoms with van der Waals surface area (Å²) in [6, 6.07) is 10.3. The summed E-state index contributed by atoms with van der Waals surface area (Å²) in [6.07, 6.45) is 0. The van der Waals surface area contributed by atoms with Gasteiger partial charge in [-0.1, -0.05) is 18.2 Å². The standard InChI is InChI=1S/C19H18N4O5/c1-11(2)22-19(25)14-7-5-4-6-13(14)17(21-22)18(24)20-15-10-12(23(26)27)8-9-16(15)28-3/h4-11H,1-3H3,(H,20,24). The quantitative estimate of drug-likeness (QED) is 0.535. The van der Waals surface area contributed by atoms with E-state index in [1.165, 1.54) is 30.0 Å². The number of hydrogen-bond acceptors (Lipinski definition) is 6. The summed E-state index contributed by atoms with van der Waals surface area (Å²) < 4.78 is 6.41. The Labute approximate surface area is 159 Å². The fourth-order valence-electron chi connectivity index (χ4n) is 2.81. The predicted octanol–water partition coefficient (Wildman–Crippen LogP) is 3.15. The highest BCUT2D eigenvalue weighted by Gasteiger charge is 2.20. The number of anilines is 1. The number of carbonyl (C=O) groups excluding carboxylic acids is 1. The number of rotatable bonds is 5. The molecule has 0 saturated carbocycles. The first-order valence-corrected chi connectivity index (χ1v) is 8.48. The molecule has 0 aliphatic heterocycles. The SMILES string of the molecule is COc1ccc([N+](=O)[O-])cc1NC(=O)c1nn(C(C)C)c(=O)c2ccccc12. The summed E-state index contributed by atoms with van der Waals surface area (Å²) in [4.78, 5) is 36.0. The third-order valence-corrected chi connectivity index (χ3v) is 4.17. The minimum absolute atomic E-state index is 0.0393. The molecule has 0 unspecified atom stereocenters. The van der Waals surface area contributed by atoms with Gasteiger partial charge in [-0.25, -0.2) is 4.68 Å². The topological polar surface area (TPSA) is 116 Å². The van der Waals surface area contributed by atoms with Gasteiger partial charge in [0.05, 0.1) is 29.1 Å². The Bertz CT molecular complexity index is 1140. The van der Waals surface area contributed by atoms with E-state index in [1.807, 2.05) is 0 Å². The Kier molecular flexibility index (Phi) is 5.08. The summed E-state index contributed by atoms with van der Waals surface area (Å²) >= 11 is 0. The van der Waals surface area contributed by atoms with Crippen LogP contribution in [0, 0.1) is 10.1 Å². The number of ether oxygens (including phenoxy) is 1. The van der Waals surface area contributed by atoms with Gasteiger partial charge in [0.15, 0.2) is 5.69 Å². The fraction of sp³-hybridized carbons (Fsp3) is 0.211. The third kappa shape index (κ3) is 3.41. The van der Waals surface area contributed by atoms with Gasteiger partial charge in [0.1, 0.15) is 5.75 Å². The van der Waals surface area contributed by atoms with Crippen LogP contribution in [0.1, 0.15) is 30.4 Å². The Balaban J connectivity index is 2.13. The van der Waals surface area contributed by atoms with Crippen LogP contribution in [-0.4, -0.2) is 27.7 Å². The maximum Gasteiger partial charge on any atom is 0.276 e. The van der Waals surface area contributed by atoms with Gasteiger partial charge in [0.25, 0.3) is 17.2 Å². The molecule has 1 aromatic heterocycles. The van der Waals surface area contributed by atoms with Crippen molar-refractivity contribution in [1.29, 1.82) is 0 Å². The number of aromatic nitrogens is 2. The van der Waals surface area contributed by atoms with E-state index < -0.39 is 10.8 Å². The zero-order valence-electron chi connectivity index (χ0n) is 15.5. The second-order valence-corrected chi connectivity index (χ2v) is 6.33. The average molecular weight is 382 g/mol. The normalized spacial score (nSPS) is 10.9. The highest BCUT2D eigenvalue weighted by molar-refractivity contribution is 6.11. The van der Waals surface area contributed by atoms with Gasteiger partial charge in [-0.05, 0) is 26.0 Å². The summed E-state index contributed by atoms with van der Waals surface area (Å²) in [5.41, 5.74) is -0.316. The van der Waals surface area contributed by atoms with Crippen LogP contribution in [-0.2, 0) is 0 Å². The van der Waals surface area contributed by atoms with E-state index >= 15 is 0 Å². The molecule has 0 aliphatic carbocycles. The second kappa shape index (κ2) is 7.47. The molecule has 0 atom stereocenters. The van der Waals surface area contributed by atoms with Gasteiger partial charge in [-0.15, -0.1) is 0 Å². The molecule has 2 aromatic carbocycles. The van der Waals surface area contributed by atoms with E-state index in [1.54, 1.807) is 38.1 Å². The third-order valence-electron chi connectivity index (χ3n) is 4.17. The van der Waals surface area contributed by atoms with Gasteiger partial charge in [-0.3, -0.25) is 19.7 Å². The van der Waals surface area contributed by atoms with Crippen LogP contribution in [0.15, 0.2) is 47.3 Å². The molecule has 3 rings (SSSR count). The summed E-state index contributed by atoms with van der Waals surface area (Å²) in [7, 11) is 1.39. The van der Waals surface area contributed by atoms with Gasteiger partial charge in [0, 0.05) is 17.5 Å². The van der Waals surface area contributed by atoms with Crippen molar-refractivity contribution in [3.63, 3.8) is 0 Å². The lowest BCUT2D eigenvalue weighted by molar-refractivity contribution is -0.384. The summed E-state index contributed by atoms with van der Waals surface area (Å²) in [6.45, 7) is 3.57. The van der Waals surface area contributed by atoms with E-state index in [2.05, 4.69) is 10.4 Å². The lowest BCUT2D eigenvalue weighted by atomic mass is 10.1. The Morgan fingerprint density at radius 1 is 1.21 bits per heavy atom. The molecule has 0 saturated heterocycles. The lowest BCUT2D eigenvalue weighted by Crippen LogP contribution is -2.29. The van der Waals surface area contributed by atoms with Gasteiger partial charge < -0.3 is 10.1 Å². The van der Waals surface area contributed by atoms with Crippen molar-refractivity contribution in [2.45, 2.75) is 19.9 Å². The fourth-order valence-corrected chi connectivity index (χ4v) is 2.81. The molecule has 1 heterocycles. The van der Waals surface area contributed by atoms with Crippen molar-refractivity contribution < 1.29 is 14.5 Å². The first-order chi connectivity index (χ1) is 13.3. The van der Waals surface area contributed by atoms with Crippen molar-refractivity contribution in [1.82, 2.24) is 9.78 Å². The Morgan fingerprint density at radius 3 is 2.50 bits per heavy atom. The number of nitrogens with one attached hydrogen (secondary N) is 1. The summed E-state index contributed by atoms with van der Waals surface area (Å²) in [5, 5.41) is 18.6. The van der Waals surface area contributed by atoms with Crippen molar-refractivity contribution in [2.24, 2.45) is 0 Å². The van der Waals surface area contributed by atoms with Crippen molar-refractivity contribution in [3.8, 4) is 5.75 Å². The van der Waals surface area contributed by atoms with E-state index in [0.717, 1.165) is 0 Å². The largest absolute Gasteiger partial charge is 0.495 e. The highest BCUT2D eigenvalue weighted by atomic mass is 16.6. The molecule has 1 amide bonds. The molecule has 0 aliphatic rings. The van der Waals surface area contributed by atoms with Gasteiger partial charge in [-0.2, -0.15) is 5.10 Å². The number of nitro benzene ring substituents is 1. The molecule has 144 valence electrons. The van der Waals surface area contributed by atoms with Gasteiger partial charge in [0.2, 0.25) is 0 Å². The summed E-state index contributed by atoms with van der Waals surface area (Å²) in [5.74, 6) is -0.343. The number of non-ortho nitro benzene ring substituents is 1. The molecule has 1 N–H and O–H groups in total. The zero-order valence-corrected chi connectivity index (χ0v) is 15.5. The minimum Gasteiger partial charge on any atom is -0.495 e. The number of fused-ring (bicyclic) bond motifs is 1. The number of carbonyl (C=O) groups is 1. The molecular formula is C19H18N4O5. The monoisotopic (exact) mass is 382 g/mol. The van der Waals surface area contributed by atoms with Crippen LogP contribution in [0.4, 0.5) is 11.4 Å². The molecule has 0 fully saturated rings. The molecule has 9 heteroatoms. The second-order valence-electron chi connectivity index (χ2n) is 6.33. The van der Waals surface area contributed by atoms with Crippen LogP contribution in [0.25, 0.3) is 10.8 Å². The lowest BCUT2D eigenvalue weighted by Gasteiger charge is -2.14. The number of benzene rings is 2. The first-order valence-electron chi connectivity index (χ1n) is 8.48. The number of methoxy groups -OCH3 is 1. The van der Waals surface area contributed by atoms with Crippen LogP contribution in [0.2, 0.25) is 0 Å².